The van der Waals surface area contributed by atoms with Gasteiger partial charge in [-0.25, -0.2) is 14.4 Å². The molecule has 2 saturated heterocycles. The molecule has 0 bridgehead atoms. The fourth-order valence-corrected chi connectivity index (χ4v) is 5.56. The molecule has 1 N–H and O–H groups in total. The van der Waals surface area contributed by atoms with Crippen molar-refractivity contribution in [3.8, 4) is 11.1 Å². The normalized spacial score (nSPS) is 19.7. The molecule has 2 aliphatic heterocycles. The van der Waals surface area contributed by atoms with Crippen LogP contribution in [0.15, 0.2) is 41.6 Å². The highest BCUT2D eigenvalue weighted by molar-refractivity contribution is 6.07. The Hall–Kier alpha value is -4.04. The van der Waals surface area contributed by atoms with Crippen LogP contribution < -0.4 is 20.7 Å². The summed E-state index contributed by atoms with van der Waals surface area (Å²) in [6, 6.07) is 3.26. The summed E-state index contributed by atoms with van der Waals surface area (Å²) >= 11 is 0. The number of aromatic nitrogens is 3. The molecule has 0 aliphatic carbocycles. The lowest BCUT2D eigenvalue weighted by Crippen LogP contribution is -2.55. The summed E-state index contributed by atoms with van der Waals surface area (Å²) in [7, 11) is 1.99. The standard InChI is InChI=1S/C30H35F4N7O3/c1-5-39-17-22(23(11-27(39)42)30(32,33)34)28(43)37-25-10-21(20-13-35-29(36-14-20)40-6-8-44-9-7-40)24(31)12-26(25)41-15-18(2)38(4)19(3)16-41/h10-14,17-19H,5-9,15-16H2,1-4H3,(H,37,43)/t18-,19?/m0/s1. The van der Waals surface area contributed by atoms with Crippen LogP contribution in [-0.4, -0.2) is 83.9 Å². The fraction of sp³-hybridized carbons (Fsp3) is 0.467. The number of nitrogens with zero attached hydrogens (tertiary/aromatic N) is 6. The van der Waals surface area contributed by atoms with E-state index >= 15 is 4.39 Å². The van der Waals surface area contributed by atoms with Crippen LogP contribution in [-0.2, 0) is 17.5 Å². The number of halogens is 4. The smallest absolute Gasteiger partial charge is 0.378 e. The van der Waals surface area contributed by atoms with Gasteiger partial charge in [0.05, 0.1) is 35.7 Å². The van der Waals surface area contributed by atoms with Gasteiger partial charge >= 0.3 is 6.18 Å². The number of carbonyl (C=O) groups excluding carboxylic acids is 1. The Morgan fingerprint density at radius 1 is 1.05 bits per heavy atom. The second kappa shape index (κ2) is 12.5. The summed E-state index contributed by atoms with van der Waals surface area (Å²) in [4.78, 5) is 40.6. The molecule has 4 heterocycles. The highest BCUT2D eigenvalue weighted by Gasteiger charge is 2.37. The molecule has 2 atom stereocenters. The molecule has 14 heteroatoms. The number of pyridine rings is 1. The molecule has 2 aromatic heterocycles. The van der Waals surface area contributed by atoms with Gasteiger partial charge in [0.25, 0.3) is 11.5 Å². The lowest BCUT2D eigenvalue weighted by atomic mass is 10.0. The van der Waals surface area contributed by atoms with E-state index in [0.717, 1.165) is 10.8 Å². The number of benzene rings is 1. The van der Waals surface area contributed by atoms with Gasteiger partial charge in [-0.3, -0.25) is 14.5 Å². The Balaban J connectivity index is 1.57. The number of hydrogen-bond acceptors (Lipinski definition) is 8. The molecular formula is C30H35F4N7O3. The van der Waals surface area contributed by atoms with Crippen molar-refractivity contribution in [1.82, 2.24) is 19.4 Å². The van der Waals surface area contributed by atoms with E-state index in [1.807, 2.05) is 30.7 Å². The Morgan fingerprint density at radius 3 is 2.27 bits per heavy atom. The minimum absolute atomic E-state index is 0.0702. The zero-order valence-corrected chi connectivity index (χ0v) is 25.0. The van der Waals surface area contributed by atoms with Gasteiger partial charge in [0.15, 0.2) is 0 Å². The SMILES string of the molecule is CCn1cc(C(=O)Nc2cc(-c3cnc(N4CCOCC4)nc3)c(F)cc2N2CC(C)N(C)[C@@H](C)C2)c(C(F)(F)F)cc1=O. The summed E-state index contributed by atoms with van der Waals surface area (Å²) in [5.41, 5.74) is -2.08. The Bertz CT molecular complexity index is 1560. The predicted octanol–water partition coefficient (Wildman–Crippen LogP) is 4.10. The van der Waals surface area contributed by atoms with Crippen LogP contribution in [0.3, 0.4) is 0 Å². The molecule has 1 unspecified atom stereocenters. The molecule has 10 nitrogen and oxygen atoms in total. The number of carbonyl (C=O) groups is 1. The third kappa shape index (κ3) is 6.41. The first kappa shape index (κ1) is 31.4. The zero-order valence-electron chi connectivity index (χ0n) is 25.0. The molecule has 2 fully saturated rings. The van der Waals surface area contributed by atoms with Gasteiger partial charge < -0.3 is 24.4 Å². The first-order chi connectivity index (χ1) is 20.9. The topological polar surface area (TPSA) is 95.8 Å². The van der Waals surface area contributed by atoms with Gasteiger partial charge in [-0.15, -0.1) is 0 Å². The minimum atomic E-state index is -4.95. The number of ether oxygens (including phenoxy) is 1. The number of alkyl halides is 3. The Labute approximate surface area is 252 Å². The molecule has 1 aromatic carbocycles. The second-order valence-corrected chi connectivity index (χ2v) is 11.2. The highest BCUT2D eigenvalue weighted by atomic mass is 19.4. The summed E-state index contributed by atoms with van der Waals surface area (Å²) < 4.78 is 64.0. The largest absolute Gasteiger partial charge is 0.417 e. The first-order valence-electron chi connectivity index (χ1n) is 14.5. The lowest BCUT2D eigenvalue weighted by Gasteiger charge is -2.44. The zero-order chi connectivity index (χ0) is 31.8. The average Bonchev–Trinajstić information content (AvgIpc) is 3.00. The molecule has 3 aromatic rings. The van der Waals surface area contributed by atoms with Crippen molar-refractivity contribution in [2.75, 3.05) is 61.6 Å². The summed E-state index contributed by atoms with van der Waals surface area (Å²) in [5, 5.41) is 2.61. The maximum absolute atomic E-state index is 15.8. The van der Waals surface area contributed by atoms with E-state index in [-0.39, 0.29) is 29.9 Å². The van der Waals surface area contributed by atoms with E-state index in [9.17, 15) is 22.8 Å². The van der Waals surface area contributed by atoms with Crippen LogP contribution in [0.1, 0.15) is 36.7 Å². The van der Waals surface area contributed by atoms with Crippen LogP contribution in [0.4, 0.5) is 34.9 Å². The van der Waals surface area contributed by atoms with Gasteiger partial charge in [0.2, 0.25) is 5.95 Å². The second-order valence-electron chi connectivity index (χ2n) is 11.2. The molecule has 44 heavy (non-hydrogen) atoms. The number of piperazine rings is 1. The van der Waals surface area contributed by atoms with E-state index in [1.165, 1.54) is 24.5 Å². The number of nitrogens with one attached hydrogen (secondary N) is 1. The van der Waals surface area contributed by atoms with Crippen LogP contribution in [0, 0.1) is 5.82 Å². The third-order valence-electron chi connectivity index (χ3n) is 8.29. The highest BCUT2D eigenvalue weighted by Crippen LogP contribution is 2.37. The summed E-state index contributed by atoms with van der Waals surface area (Å²) in [5.74, 6) is -1.21. The summed E-state index contributed by atoms with van der Waals surface area (Å²) in [6.07, 6.45) is -1.10. The van der Waals surface area contributed by atoms with E-state index in [1.54, 1.807) is 6.92 Å². The van der Waals surface area contributed by atoms with Gasteiger partial charge in [-0.05, 0) is 40.0 Å². The average molecular weight is 618 g/mol. The number of rotatable bonds is 6. The maximum atomic E-state index is 15.8. The molecule has 236 valence electrons. The van der Waals surface area contributed by atoms with Crippen molar-refractivity contribution in [2.45, 2.75) is 45.6 Å². The van der Waals surface area contributed by atoms with Gasteiger partial charge in [-0.2, -0.15) is 13.2 Å². The van der Waals surface area contributed by atoms with Crippen LogP contribution in [0.2, 0.25) is 0 Å². The van der Waals surface area contributed by atoms with E-state index in [0.29, 0.717) is 62.7 Å². The Kier molecular flexibility index (Phi) is 8.93. The van der Waals surface area contributed by atoms with Crippen molar-refractivity contribution < 1.29 is 27.1 Å². The number of likely N-dealkylation sites (N-methyl/N-ethyl adjacent to an activating group) is 1. The number of anilines is 3. The van der Waals surface area contributed by atoms with E-state index in [4.69, 9.17) is 4.74 Å². The van der Waals surface area contributed by atoms with Crippen molar-refractivity contribution in [3.63, 3.8) is 0 Å². The quantitative estimate of drug-likeness (QED) is 0.414. The monoisotopic (exact) mass is 617 g/mol. The lowest BCUT2D eigenvalue weighted by molar-refractivity contribution is -0.138. The van der Waals surface area contributed by atoms with Crippen LogP contribution in [0.25, 0.3) is 11.1 Å². The Morgan fingerprint density at radius 2 is 1.68 bits per heavy atom. The van der Waals surface area contributed by atoms with Crippen molar-refractivity contribution in [2.24, 2.45) is 0 Å². The molecular weight excluding hydrogens is 582 g/mol. The number of aryl methyl sites for hydroxylation is 1. The number of amides is 1. The number of morpholine rings is 1. The first-order valence-corrected chi connectivity index (χ1v) is 14.5. The van der Waals surface area contributed by atoms with Gasteiger partial charge in [0.1, 0.15) is 5.82 Å². The van der Waals surface area contributed by atoms with Crippen LogP contribution in [0.5, 0.6) is 0 Å². The molecule has 1 amide bonds. The van der Waals surface area contributed by atoms with Gasteiger partial charge in [0, 0.05) is 80.6 Å². The predicted molar refractivity (Wildman–Crippen MR) is 159 cm³/mol. The van der Waals surface area contributed by atoms with Crippen molar-refractivity contribution >= 4 is 23.2 Å². The molecule has 5 rings (SSSR count). The van der Waals surface area contributed by atoms with Crippen molar-refractivity contribution in [1.29, 1.82) is 0 Å². The van der Waals surface area contributed by atoms with E-state index in [2.05, 4.69) is 20.2 Å². The third-order valence-corrected chi connectivity index (χ3v) is 8.29. The minimum Gasteiger partial charge on any atom is -0.378 e. The van der Waals surface area contributed by atoms with Crippen LogP contribution >= 0.6 is 0 Å². The molecule has 0 radical (unpaired) electrons. The maximum Gasteiger partial charge on any atom is 0.417 e. The van der Waals surface area contributed by atoms with Crippen molar-refractivity contribution in [3.05, 3.63) is 64.1 Å². The number of hydrogen-bond donors (Lipinski definition) is 1. The van der Waals surface area contributed by atoms with Gasteiger partial charge in [-0.1, -0.05) is 0 Å². The summed E-state index contributed by atoms with van der Waals surface area (Å²) in [6.45, 7) is 8.99. The fourth-order valence-electron chi connectivity index (χ4n) is 5.56. The molecule has 0 saturated carbocycles. The molecule has 0 spiro atoms. The molecule has 2 aliphatic rings. The van der Waals surface area contributed by atoms with E-state index < -0.39 is 34.6 Å².